The quantitative estimate of drug-likeness (QED) is 0.0876. The molecule has 2 aliphatic heterocycles. The molecule has 10 nitrogen and oxygen atoms in total. The maximum absolute atomic E-state index is 16.0. The first-order chi connectivity index (χ1) is 25.4. The van der Waals surface area contributed by atoms with Crippen LogP contribution in [0.15, 0.2) is 29.1 Å². The number of methoxy groups -OCH3 is 1. The largest absolute Gasteiger partial charge is 0.467 e. The Labute approximate surface area is 310 Å². The van der Waals surface area contributed by atoms with Gasteiger partial charge in [0.25, 0.3) is 11.6 Å². The van der Waals surface area contributed by atoms with Gasteiger partial charge in [0.15, 0.2) is 18.0 Å². The van der Waals surface area contributed by atoms with Crippen molar-refractivity contribution in [1.29, 1.82) is 0 Å². The molecule has 0 spiro atoms. The second-order valence-corrected chi connectivity index (χ2v) is 21.6. The highest BCUT2D eigenvalue weighted by atomic mass is 28.3. The van der Waals surface area contributed by atoms with E-state index in [1.807, 2.05) is 6.07 Å². The molecule has 3 fully saturated rings. The lowest BCUT2D eigenvalue weighted by atomic mass is 9.93. The number of rotatable bonds is 12. The average Bonchev–Trinajstić information content (AvgIpc) is 3.72. The van der Waals surface area contributed by atoms with Crippen LogP contribution in [0.5, 0.6) is 23.5 Å². The highest BCUT2D eigenvalue weighted by Crippen LogP contribution is 2.44. The van der Waals surface area contributed by atoms with Crippen LogP contribution < -0.4 is 19.8 Å². The number of H-pyrrole nitrogens is 1. The van der Waals surface area contributed by atoms with E-state index in [1.165, 1.54) is 13.2 Å². The van der Waals surface area contributed by atoms with Crippen molar-refractivity contribution in [2.75, 3.05) is 33.6 Å². The fourth-order valence-corrected chi connectivity index (χ4v) is 14.4. The molecule has 2 saturated heterocycles. The molecule has 0 unspecified atom stereocenters. The van der Waals surface area contributed by atoms with Crippen LogP contribution >= 0.6 is 0 Å². The SMILES string of the molecule is COCOc1cc(Oc2nc3nc(OC[C@@]45CCCN4C[C@H](F)C5)[nH]c(=O)c3n2C2CCC2)c2c(C#C[Si](C(C)C)(C(C)C)C(C)C)c(F)ccc2c1. The molecule has 1 N–H and O–H groups in total. The number of nitrogens with one attached hydrogen (secondary N) is 1. The first kappa shape index (κ1) is 37.3. The van der Waals surface area contributed by atoms with E-state index in [0.29, 0.717) is 46.1 Å². The highest BCUT2D eigenvalue weighted by molar-refractivity contribution is 6.90. The van der Waals surface area contributed by atoms with E-state index < -0.39 is 31.2 Å². The summed E-state index contributed by atoms with van der Waals surface area (Å²) in [6.07, 6.45) is 3.97. The maximum atomic E-state index is 16.0. The Kier molecular flexibility index (Phi) is 10.3. The predicted octanol–water partition coefficient (Wildman–Crippen LogP) is 8.44. The van der Waals surface area contributed by atoms with Crippen LogP contribution in [-0.2, 0) is 4.74 Å². The number of hydrogen-bond acceptors (Lipinski definition) is 8. The van der Waals surface area contributed by atoms with E-state index >= 15 is 4.39 Å². The fraction of sp³-hybridized carbons (Fsp3) is 0.575. The third-order valence-electron chi connectivity index (χ3n) is 12.0. The summed E-state index contributed by atoms with van der Waals surface area (Å²) in [7, 11) is -0.693. The van der Waals surface area contributed by atoms with Gasteiger partial charge in [0, 0.05) is 37.6 Å². The van der Waals surface area contributed by atoms with Gasteiger partial charge in [0.05, 0.1) is 11.1 Å². The summed E-state index contributed by atoms with van der Waals surface area (Å²) >= 11 is 0. The van der Waals surface area contributed by atoms with Crippen LogP contribution in [0.1, 0.15) is 91.7 Å². The van der Waals surface area contributed by atoms with Crippen molar-refractivity contribution < 1.29 is 27.7 Å². The van der Waals surface area contributed by atoms with Crippen molar-refractivity contribution in [3.8, 4) is 35.0 Å². The summed E-state index contributed by atoms with van der Waals surface area (Å²) in [6.45, 7) is 14.8. The fourth-order valence-electron chi connectivity index (χ4n) is 9.24. The molecule has 1 aliphatic carbocycles. The minimum Gasteiger partial charge on any atom is -0.467 e. The number of halogens is 2. The topological polar surface area (TPSA) is 104 Å². The monoisotopic (exact) mass is 747 g/mol. The van der Waals surface area contributed by atoms with Gasteiger partial charge >= 0.3 is 6.01 Å². The first-order valence-corrected chi connectivity index (χ1v) is 21.2. The highest BCUT2D eigenvalue weighted by Gasteiger charge is 2.49. The molecule has 0 radical (unpaired) electrons. The Morgan fingerprint density at radius 1 is 1.06 bits per heavy atom. The van der Waals surface area contributed by atoms with Gasteiger partial charge in [-0.15, -0.1) is 5.54 Å². The second kappa shape index (κ2) is 14.7. The molecule has 53 heavy (non-hydrogen) atoms. The maximum Gasteiger partial charge on any atom is 0.304 e. The Morgan fingerprint density at radius 2 is 1.81 bits per heavy atom. The molecule has 0 bridgehead atoms. The summed E-state index contributed by atoms with van der Waals surface area (Å²) in [5.74, 6) is 3.63. The number of aromatic amines is 1. The Morgan fingerprint density at radius 3 is 2.49 bits per heavy atom. The molecule has 2 aromatic heterocycles. The third-order valence-corrected chi connectivity index (χ3v) is 18.3. The molecule has 3 aliphatic rings. The van der Waals surface area contributed by atoms with Gasteiger partial charge in [0.2, 0.25) is 0 Å². The van der Waals surface area contributed by atoms with Gasteiger partial charge in [-0.05, 0) is 72.8 Å². The molecule has 4 heterocycles. The van der Waals surface area contributed by atoms with Gasteiger partial charge in [-0.2, -0.15) is 9.97 Å². The van der Waals surface area contributed by atoms with Crippen molar-refractivity contribution in [2.24, 2.45) is 0 Å². The zero-order valence-electron chi connectivity index (χ0n) is 31.9. The number of hydrogen-bond donors (Lipinski definition) is 1. The number of benzene rings is 2. The van der Waals surface area contributed by atoms with Crippen molar-refractivity contribution in [3.63, 3.8) is 0 Å². The lowest BCUT2D eigenvalue weighted by Gasteiger charge is -2.38. The standard InChI is InChI=1S/C40H51F2N5O5Si/c1-24(2)53(25(3)4,26(5)6)17-14-31-32(42)13-12-27-18-30(51-23-49-7)19-33(34(27)31)52-39-44-36-35(47(39)29-10-8-11-29)37(48)45-38(43-36)50-22-40-15-9-16-46(40)21-28(41)20-40/h12-13,18-19,24-26,28-29H,8-11,15-16,20-23H2,1-7H3,(H,43,45,48)/t28-,40+/m1/s1. The molecule has 2 atom stereocenters. The Balaban J connectivity index is 1.34. The van der Waals surface area contributed by atoms with Crippen LogP contribution in [0.25, 0.3) is 21.9 Å². The van der Waals surface area contributed by atoms with Crippen molar-refractivity contribution in [1.82, 2.24) is 24.4 Å². The van der Waals surface area contributed by atoms with E-state index in [-0.39, 0.29) is 53.9 Å². The van der Waals surface area contributed by atoms with E-state index in [4.69, 9.17) is 23.9 Å². The van der Waals surface area contributed by atoms with Gasteiger partial charge in [0.1, 0.15) is 38.2 Å². The first-order valence-electron chi connectivity index (χ1n) is 19.0. The average molecular weight is 748 g/mol. The van der Waals surface area contributed by atoms with Crippen LogP contribution in [0, 0.1) is 17.3 Å². The second-order valence-electron chi connectivity index (χ2n) is 16.0. The van der Waals surface area contributed by atoms with Crippen LogP contribution in [0.3, 0.4) is 0 Å². The van der Waals surface area contributed by atoms with E-state index in [0.717, 1.165) is 38.6 Å². The number of imidazole rings is 1. The Bertz CT molecular complexity index is 2100. The van der Waals surface area contributed by atoms with Gasteiger partial charge in [-0.25, -0.2) is 8.78 Å². The Hall–Kier alpha value is -3.99. The zero-order valence-corrected chi connectivity index (χ0v) is 32.9. The number of fused-ring (bicyclic) bond motifs is 3. The summed E-state index contributed by atoms with van der Waals surface area (Å²) in [5, 5.41) is 1.16. The molecular formula is C40H51F2N5O5Si. The van der Waals surface area contributed by atoms with Gasteiger partial charge in [-0.3, -0.25) is 19.2 Å². The smallest absolute Gasteiger partial charge is 0.304 e. The number of ether oxygens (including phenoxy) is 4. The van der Waals surface area contributed by atoms with Gasteiger partial charge in [-0.1, -0.05) is 53.5 Å². The van der Waals surface area contributed by atoms with Crippen molar-refractivity contribution in [3.05, 3.63) is 46.0 Å². The van der Waals surface area contributed by atoms with Crippen LogP contribution in [0.2, 0.25) is 16.6 Å². The summed E-state index contributed by atoms with van der Waals surface area (Å²) in [4.78, 5) is 28.1. The van der Waals surface area contributed by atoms with Crippen LogP contribution in [0.4, 0.5) is 8.78 Å². The summed E-state index contributed by atoms with van der Waals surface area (Å²) < 4.78 is 56.1. The predicted molar refractivity (Wildman–Crippen MR) is 204 cm³/mol. The molecule has 13 heteroatoms. The molecule has 1 saturated carbocycles. The van der Waals surface area contributed by atoms with Crippen LogP contribution in [-0.4, -0.2) is 77.8 Å². The summed E-state index contributed by atoms with van der Waals surface area (Å²) in [6, 6.07) is 6.76. The van der Waals surface area contributed by atoms with Crippen molar-refractivity contribution >= 4 is 30.0 Å². The van der Waals surface area contributed by atoms with Gasteiger partial charge < -0.3 is 18.9 Å². The zero-order chi connectivity index (χ0) is 37.7. The van der Waals surface area contributed by atoms with E-state index in [9.17, 15) is 9.18 Å². The molecule has 4 aromatic rings. The lowest BCUT2D eigenvalue weighted by Crippen LogP contribution is -2.43. The number of aromatic nitrogens is 4. The molecular weight excluding hydrogens is 697 g/mol. The molecule has 284 valence electrons. The normalized spacial score (nSPS) is 20.7. The summed E-state index contributed by atoms with van der Waals surface area (Å²) in [5.41, 5.74) is 4.62. The lowest BCUT2D eigenvalue weighted by molar-refractivity contribution is 0.0511. The number of alkyl halides is 1. The molecule has 0 amide bonds. The third kappa shape index (κ3) is 6.72. The molecule has 7 rings (SSSR count). The van der Waals surface area contributed by atoms with E-state index in [1.54, 1.807) is 16.7 Å². The minimum atomic E-state index is -2.23. The molecule has 2 aromatic carbocycles. The van der Waals surface area contributed by atoms with E-state index in [2.05, 4.69) is 67.9 Å². The number of nitrogens with zero attached hydrogens (tertiary/aromatic N) is 4. The van der Waals surface area contributed by atoms with Crippen molar-refractivity contribution in [2.45, 2.75) is 114 Å². The minimum absolute atomic E-state index is 0.00220.